The number of nitrogens with one attached hydrogen (secondary N) is 2. The number of carbonyl (C=O) groups excluding carboxylic acids is 2. The van der Waals surface area contributed by atoms with Crippen LogP contribution in [0.3, 0.4) is 0 Å². The SMILES string of the molecule is CN(C)c1ccc(NC(=O)C2(C(=O)NCCc3cccc(Cl)c3)CC2)cc1. The van der Waals surface area contributed by atoms with Crippen LogP contribution in [0.4, 0.5) is 11.4 Å². The van der Waals surface area contributed by atoms with Gasteiger partial charge in [0, 0.05) is 37.0 Å². The molecular formula is C21H24ClN3O2. The average molecular weight is 386 g/mol. The highest BCUT2D eigenvalue weighted by Gasteiger charge is 2.56. The second kappa shape index (κ2) is 8.01. The van der Waals surface area contributed by atoms with Crippen molar-refractivity contribution in [3.05, 3.63) is 59.1 Å². The van der Waals surface area contributed by atoms with E-state index in [0.717, 1.165) is 11.3 Å². The van der Waals surface area contributed by atoms with Crippen molar-refractivity contribution in [1.82, 2.24) is 5.32 Å². The summed E-state index contributed by atoms with van der Waals surface area (Å²) in [6.07, 6.45) is 1.84. The van der Waals surface area contributed by atoms with Gasteiger partial charge in [0.25, 0.3) is 0 Å². The normalized spacial score (nSPS) is 14.3. The first-order valence-electron chi connectivity index (χ1n) is 9.02. The second-order valence-corrected chi connectivity index (χ2v) is 7.55. The van der Waals surface area contributed by atoms with Gasteiger partial charge in [0.2, 0.25) is 11.8 Å². The second-order valence-electron chi connectivity index (χ2n) is 7.11. The van der Waals surface area contributed by atoms with E-state index < -0.39 is 5.41 Å². The first kappa shape index (κ1) is 19.2. The molecule has 0 heterocycles. The van der Waals surface area contributed by atoms with Crippen LogP contribution < -0.4 is 15.5 Å². The van der Waals surface area contributed by atoms with Gasteiger partial charge in [-0.05, 0) is 61.2 Å². The summed E-state index contributed by atoms with van der Waals surface area (Å²) in [7, 11) is 3.92. The Morgan fingerprint density at radius 3 is 2.37 bits per heavy atom. The Morgan fingerprint density at radius 1 is 1.07 bits per heavy atom. The van der Waals surface area contributed by atoms with Crippen LogP contribution >= 0.6 is 11.6 Å². The summed E-state index contributed by atoms with van der Waals surface area (Å²) in [5.41, 5.74) is 1.86. The number of carbonyl (C=O) groups is 2. The van der Waals surface area contributed by atoms with Crippen LogP contribution in [0.15, 0.2) is 48.5 Å². The van der Waals surface area contributed by atoms with E-state index in [-0.39, 0.29) is 11.8 Å². The van der Waals surface area contributed by atoms with Gasteiger partial charge in [0.05, 0.1) is 0 Å². The van der Waals surface area contributed by atoms with Gasteiger partial charge in [-0.25, -0.2) is 0 Å². The highest BCUT2D eigenvalue weighted by molar-refractivity contribution is 6.30. The van der Waals surface area contributed by atoms with Crippen LogP contribution in [0.1, 0.15) is 18.4 Å². The van der Waals surface area contributed by atoms with Crippen molar-refractivity contribution < 1.29 is 9.59 Å². The molecule has 0 spiro atoms. The predicted molar refractivity (Wildman–Crippen MR) is 109 cm³/mol. The van der Waals surface area contributed by atoms with E-state index in [1.165, 1.54) is 0 Å². The third-order valence-corrected chi connectivity index (χ3v) is 5.08. The van der Waals surface area contributed by atoms with Gasteiger partial charge in [-0.15, -0.1) is 0 Å². The smallest absolute Gasteiger partial charge is 0.240 e. The lowest BCUT2D eigenvalue weighted by Gasteiger charge is -2.17. The predicted octanol–water partition coefficient (Wildman–Crippen LogP) is 3.48. The van der Waals surface area contributed by atoms with Gasteiger partial charge in [-0.1, -0.05) is 23.7 Å². The lowest BCUT2D eigenvalue weighted by atomic mass is 10.0. The number of anilines is 2. The lowest BCUT2D eigenvalue weighted by molar-refractivity contribution is -0.134. The average Bonchev–Trinajstić information content (AvgIpc) is 3.44. The minimum Gasteiger partial charge on any atom is -0.378 e. The van der Waals surface area contributed by atoms with Crippen molar-refractivity contribution in [2.45, 2.75) is 19.3 Å². The number of halogens is 1. The molecule has 2 aromatic carbocycles. The number of hydrogen-bond acceptors (Lipinski definition) is 3. The summed E-state index contributed by atoms with van der Waals surface area (Å²) in [6.45, 7) is 0.478. The van der Waals surface area contributed by atoms with Gasteiger partial charge in [0.15, 0.2) is 0 Å². The standard InChI is InChI=1S/C21H24ClN3O2/c1-25(2)18-8-6-17(7-9-18)24-20(27)21(11-12-21)19(26)23-13-10-15-4-3-5-16(22)14-15/h3-9,14H,10-13H2,1-2H3,(H,23,26)(H,24,27). The molecule has 5 nitrogen and oxygen atoms in total. The molecule has 1 fully saturated rings. The Hall–Kier alpha value is -2.53. The van der Waals surface area contributed by atoms with Crippen molar-refractivity contribution in [3.8, 4) is 0 Å². The Balaban J connectivity index is 1.53. The number of hydrogen-bond donors (Lipinski definition) is 2. The third-order valence-electron chi connectivity index (χ3n) is 4.85. The molecule has 3 rings (SSSR count). The molecule has 0 unspecified atom stereocenters. The van der Waals surface area contributed by atoms with Gasteiger partial charge in [-0.3, -0.25) is 9.59 Å². The molecule has 6 heteroatoms. The lowest BCUT2D eigenvalue weighted by Crippen LogP contribution is -2.40. The van der Waals surface area contributed by atoms with Crippen molar-refractivity contribution in [2.75, 3.05) is 30.9 Å². The zero-order chi connectivity index (χ0) is 19.4. The summed E-state index contributed by atoms with van der Waals surface area (Å²) in [5.74, 6) is -0.438. The molecule has 1 aliphatic rings. The third kappa shape index (κ3) is 4.61. The van der Waals surface area contributed by atoms with Crippen LogP contribution in [0.5, 0.6) is 0 Å². The van der Waals surface area contributed by atoms with Crippen molar-refractivity contribution in [1.29, 1.82) is 0 Å². The quantitative estimate of drug-likeness (QED) is 0.717. The van der Waals surface area contributed by atoms with Crippen molar-refractivity contribution in [2.24, 2.45) is 5.41 Å². The molecule has 0 aliphatic heterocycles. The molecule has 0 saturated heterocycles. The number of amides is 2. The van der Waals surface area contributed by atoms with Gasteiger partial charge in [0.1, 0.15) is 5.41 Å². The topological polar surface area (TPSA) is 61.4 Å². The summed E-state index contributed by atoms with van der Waals surface area (Å²) < 4.78 is 0. The molecular weight excluding hydrogens is 362 g/mol. The molecule has 1 saturated carbocycles. The van der Waals surface area contributed by atoms with Crippen LogP contribution in [0.25, 0.3) is 0 Å². The molecule has 0 bridgehead atoms. The van der Waals surface area contributed by atoms with Crippen LogP contribution in [-0.4, -0.2) is 32.5 Å². The maximum atomic E-state index is 12.6. The zero-order valence-electron chi connectivity index (χ0n) is 15.6. The maximum Gasteiger partial charge on any atom is 0.240 e. The number of nitrogens with zero attached hydrogens (tertiary/aromatic N) is 1. The number of rotatable bonds is 7. The Bertz CT molecular complexity index is 830. The fourth-order valence-electron chi connectivity index (χ4n) is 2.96. The fourth-order valence-corrected chi connectivity index (χ4v) is 3.17. The number of benzene rings is 2. The van der Waals surface area contributed by atoms with E-state index >= 15 is 0 Å². The van der Waals surface area contributed by atoms with Crippen molar-refractivity contribution in [3.63, 3.8) is 0 Å². The minimum atomic E-state index is -0.936. The van der Waals surface area contributed by atoms with E-state index in [4.69, 9.17) is 11.6 Å². The Labute approximate surface area is 164 Å². The molecule has 2 amide bonds. The zero-order valence-corrected chi connectivity index (χ0v) is 16.3. The van der Waals surface area contributed by atoms with Gasteiger partial charge in [-0.2, -0.15) is 0 Å². The molecule has 27 heavy (non-hydrogen) atoms. The minimum absolute atomic E-state index is 0.202. The largest absolute Gasteiger partial charge is 0.378 e. The van der Waals surface area contributed by atoms with Crippen molar-refractivity contribution >= 4 is 34.8 Å². The summed E-state index contributed by atoms with van der Waals surface area (Å²) in [6, 6.07) is 15.1. The van der Waals surface area contributed by atoms with E-state index in [1.54, 1.807) is 0 Å². The fraction of sp³-hybridized carbons (Fsp3) is 0.333. The molecule has 1 aliphatic carbocycles. The van der Waals surface area contributed by atoms with Crippen LogP contribution in [-0.2, 0) is 16.0 Å². The Morgan fingerprint density at radius 2 is 1.78 bits per heavy atom. The first-order chi connectivity index (χ1) is 12.9. The molecule has 0 atom stereocenters. The van der Waals surface area contributed by atoms with E-state index in [9.17, 15) is 9.59 Å². The summed E-state index contributed by atoms with van der Waals surface area (Å²) >= 11 is 5.97. The molecule has 0 aromatic heterocycles. The van der Waals surface area contributed by atoms with E-state index in [1.807, 2.05) is 67.5 Å². The molecule has 2 N–H and O–H groups in total. The summed E-state index contributed by atoms with van der Waals surface area (Å²) in [4.78, 5) is 27.2. The van der Waals surface area contributed by atoms with Crippen LogP contribution in [0, 0.1) is 5.41 Å². The first-order valence-corrected chi connectivity index (χ1v) is 9.40. The molecule has 142 valence electrons. The van der Waals surface area contributed by atoms with E-state index in [0.29, 0.717) is 36.5 Å². The highest BCUT2D eigenvalue weighted by atomic mass is 35.5. The molecule has 0 radical (unpaired) electrons. The molecule has 2 aromatic rings. The maximum absolute atomic E-state index is 12.6. The van der Waals surface area contributed by atoms with Gasteiger partial charge < -0.3 is 15.5 Å². The Kier molecular flexibility index (Phi) is 5.71. The van der Waals surface area contributed by atoms with Gasteiger partial charge >= 0.3 is 0 Å². The highest BCUT2D eigenvalue weighted by Crippen LogP contribution is 2.46. The monoisotopic (exact) mass is 385 g/mol. The summed E-state index contributed by atoms with van der Waals surface area (Å²) in [5, 5.41) is 6.44. The van der Waals surface area contributed by atoms with E-state index in [2.05, 4.69) is 10.6 Å². The van der Waals surface area contributed by atoms with Crippen LogP contribution in [0.2, 0.25) is 5.02 Å².